The van der Waals surface area contributed by atoms with Gasteiger partial charge in [0.15, 0.2) is 0 Å². The highest BCUT2D eigenvalue weighted by Crippen LogP contribution is 2.23. The molecule has 0 fully saturated rings. The third kappa shape index (κ3) is 4.49. The van der Waals surface area contributed by atoms with Crippen molar-refractivity contribution in [2.24, 2.45) is 0 Å². The quantitative estimate of drug-likeness (QED) is 0.807. The molecule has 0 heterocycles. The van der Waals surface area contributed by atoms with Crippen LogP contribution in [-0.2, 0) is 0 Å². The van der Waals surface area contributed by atoms with Crippen molar-refractivity contribution in [2.75, 3.05) is 11.9 Å². The number of hydrogen-bond acceptors (Lipinski definition) is 2. The topological polar surface area (TPSA) is 50.4 Å². The fraction of sp³-hybridized carbons (Fsp3) is 0.235. The maximum Gasteiger partial charge on any atom is 0.319 e. The van der Waals surface area contributed by atoms with E-state index >= 15 is 0 Å². The molecule has 0 bridgehead atoms. The van der Waals surface area contributed by atoms with Crippen molar-refractivity contribution >= 4 is 27.6 Å². The largest absolute Gasteiger partial charge is 0.494 e. The molecule has 2 aromatic carbocycles. The highest BCUT2D eigenvalue weighted by Gasteiger charge is 2.11. The Balaban J connectivity index is 1.93. The Morgan fingerprint density at radius 3 is 2.50 bits per heavy atom. The highest BCUT2D eigenvalue weighted by molar-refractivity contribution is 9.10. The lowest BCUT2D eigenvalue weighted by atomic mass is 10.1. The van der Waals surface area contributed by atoms with E-state index in [2.05, 4.69) is 26.6 Å². The van der Waals surface area contributed by atoms with E-state index in [9.17, 15) is 4.79 Å². The molecule has 116 valence electrons. The highest BCUT2D eigenvalue weighted by atomic mass is 79.9. The second-order valence-electron chi connectivity index (χ2n) is 4.80. The van der Waals surface area contributed by atoms with Crippen LogP contribution in [0.25, 0.3) is 0 Å². The molecule has 0 saturated heterocycles. The van der Waals surface area contributed by atoms with E-state index in [1.54, 1.807) is 0 Å². The molecule has 0 aliphatic carbocycles. The number of nitrogens with one attached hydrogen (secondary N) is 2. The number of carbonyl (C=O) groups is 1. The van der Waals surface area contributed by atoms with Crippen molar-refractivity contribution in [1.29, 1.82) is 0 Å². The van der Waals surface area contributed by atoms with Gasteiger partial charge in [0.2, 0.25) is 0 Å². The first-order valence-electron chi connectivity index (χ1n) is 7.15. The van der Waals surface area contributed by atoms with Crippen LogP contribution in [0.4, 0.5) is 10.5 Å². The van der Waals surface area contributed by atoms with Gasteiger partial charge in [-0.05, 0) is 49.7 Å². The van der Waals surface area contributed by atoms with Crippen LogP contribution in [0.3, 0.4) is 0 Å². The van der Waals surface area contributed by atoms with E-state index in [-0.39, 0.29) is 12.1 Å². The van der Waals surface area contributed by atoms with Gasteiger partial charge in [-0.25, -0.2) is 4.79 Å². The molecule has 0 spiro atoms. The average Bonchev–Trinajstić information content (AvgIpc) is 2.50. The maximum atomic E-state index is 12.0. The summed E-state index contributed by atoms with van der Waals surface area (Å²) < 4.78 is 6.34. The molecule has 2 amide bonds. The molecule has 2 rings (SSSR count). The molecule has 2 N–H and O–H groups in total. The van der Waals surface area contributed by atoms with Crippen LogP contribution < -0.4 is 15.4 Å². The van der Waals surface area contributed by atoms with Crippen molar-refractivity contribution in [1.82, 2.24) is 5.32 Å². The first-order chi connectivity index (χ1) is 10.6. The van der Waals surface area contributed by atoms with Crippen LogP contribution in [0.1, 0.15) is 25.5 Å². The molecule has 22 heavy (non-hydrogen) atoms. The van der Waals surface area contributed by atoms with Crippen LogP contribution >= 0.6 is 15.9 Å². The summed E-state index contributed by atoms with van der Waals surface area (Å²) in [4.78, 5) is 12.0. The lowest BCUT2D eigenvalue weighted by molar-refractivity contribution is 0.249. The molecule has 4 nitrogen and oxygen atoms in total. The van der Waals surface area contributed by atoms with Crippen molar-refractivity contribution in [3.05, 3.63) is 58.6 Å². The number of carbonyl (C=O) groups excluding carboxylic acids is 1. The first kappa shape index (κ1) is 16.4. The van der Waals surface area contributed by atoms with Gasteiger partial charge in [-0.3, -0.25) is 0 Å². The van der Waals surface area contributed by atoms with Crippen molar-refractivity contribution in [2.45, 2.75) is 19.9 Å². The fourth-order valence-electron chi connectivity index (χ4n) is 2.07. The third-order valence-corrected chi connectivity index (χ3v) is 3.86. The molecule has 5 heteroatoms. The Morgan fingerprint density at radius 1 is 1.18 bits per heavy atom. The van der Waals surface area contributed by atoms with Gasteiger partial charge in [0.05, 0.1) is 12.6 Å². The van der Waals surface area contributed by atoms with Crippen LogP contribution in [-0.4, -0.2) is 12.6 Å². The molecule has 0 aliphatic rings. The Bertz CT molecular complexity index is 629. The summed E-state index contributed by atoms with van der Waals surface area (Å²) >= 11 is 3.49. The predicted octanol–water partition coefficient (Wildman–Crippen LogP) is 4.73. The molecule has 0 radical (unpaired) electrons. The lowest BCUT2D eigenvalue weighted by Crippen LogP contribution is -2.31. The van der Waals surface area contributed by atoms with Gasteiger partial charge in [0.25, 0.3) is 0 Å². The Kier molecular flexibility index (Phi) is 5.83. The van der Waals surface area contributed by atoms with E-state index in [0.717, 1.165) is 21.5 Å². The standard InChI is InChI=1S/C17H19BrN2O2/c1-3-22-14-10-8-13(9-11-14)20-17(21)19-12(2)15-6-4-5-7-16(15)18/h4-12H,3H2,1-2H3,(H2,19,20,21). The van der Waals surface area contributed by atoms with Crippen LogP contribution in [0.15, 0.2) is 53.0 Å². The molecule has 1 unspecified atom stereocenters. The molecule has 0 aromatic heterocycles. The van der Waals surface area contributed by atoms with Crippen LogP contribution in [0.5, 0.6) is 5.75 Å². The number of ether oxygens (including phenoxy) is 1. The van der Waals surface area contributed by atoms with Crippen molar-refractivity contribution in [3.8, 4) is 5.75 Å². The van der Waals surface area contributed by atoms with E-state index in [1.807, 2.05) is 62.4 Å². The molecule has 0 aliphatic heterocycles. The van der Waals surface area contributed by atoms with Crippen LogP contribution in [0.2, 0.25) is 0 Å². The zero-order valence-electron chi connectivity index (χ0n) is 12.6. The number of amides is 2. The van der Waals surface area contributed by atoms with Gasteiger partial charge in [-0.1, -0.05) is 34.1 Å². The summed E-state index contributed by atoms with van der Waals surface area (Å²) in [5, 5.41) is 5.72. The number of rotatable bonds is 5. The SMILES string of the molecule is CCOc1ccc(NC(=O)NC(C)c2ccccc2Br)cc1. The maximum absolute atomic E-state index is 12.0. The number of anilines is 1. The number of benzene rings is 2. The number of halogens is 1. The number of hydrogen-bond donors (Lipinski definition) is 2. The summed E-state index contributed by atoms with van der Waals surface area (Å²) in [5.41, 5.74) is 1.75. The normalized spacial score (nSPS) is 11.6. The zero-order valence-corrected chi connectivity index (χ0v) is 14.2. The first-order valence-corrected chi connectivity index (χ1v) is 7.94. The van der Waals surface area contributed by atoms with E-state index in [0.29, 0.717) is 6.61 Å². The summed E-state index contributed by atoms with van der Waals surface area (Å²) in [6.45, 7) is 4.50. The van der Waals surface area contributed by atoms with Crippen LogP contribution in [0, 0.1) is 0 Å². The van der Waals surface area contributed by atoms with Gasteiger partial charge >= 0.3 is 6.03 Å². The summed E-state index contributed by atoms with van der Waals surface area (Å²) in [6, 6.07) is 14.8. The van der Waals surface area contributed by atoms with Gasteiger partial charge in [-0.15, -0.1) is 0 Å². The minimum atomic E-state index is -0.243. The molecular formula is C17H19BrN2O2. The summed E-state index contributed by atoms with van der Waals surface area (Å²) in [7, 11) is 0. The predicted molar refractivity (Wildman–Crippen MR) is 92.3 cm³/mol. The van der Waals surface area contributed by atoms with E-state index in [4.69, 9.17) is 4.74 Å². The minimum Gasteiger partial charge on any atom is -0.494 e. The molecular weight excluding hydrogens is 344 g/mol. The Hall–Kier alpha value is -2.01. The molecule has 1 atom stereocenters. The third-order valence-electron chi connectivity index (χ3n) is 3.14. The summed E-state index contributed by atoms with van der Waals surface area (Å²) in [6.07, 6.45) is 0. The van der Waals surface area contributed by atoms with Crippen molar-refractivity contribution < 1.29 is 9.53 Å². The Labute approximate surface area is 139 Å². The monoisotopic (exact) mass is 362 g/mol. The fourth-order valence-corrected chi connectivity index (χ4v) is 2.70. The van der Waals surface area contributed by atoms with Gasteiger partial charge in [0, 0.05) is 10.2 Å². The van der Waals surface area contributed by atoms with Gasteiger partial charge < -0.3 is 15.4 Å². The zero-order chi connectivity index (χ0) is 15.9. The van der Waals surface area contributed by atoms with E-state index in [1.165, 1.54) is 0 Å². The van der Waals surface area contributed by atoms with E-state index < -0.39 is 0 Å². The Morgan fingerprint density at radius 2 is 1.86 bits per heavy atom. The summed E-state index contributed by atoms with van der Waals surface area (Å²) in [5.74, 6) is 0.787. The smallest absolute Gasteiger partial charge is 0.319 e. The molecule has 2 aromatic rings. The minimum absolute atomic E-state index is 0.0988. The lowest BCUT2D eigenvalue weighted by Gasteiger charge is -2.16. The second-order valence-corrected chi connectivity index (χ2v) is 5.65. The second kappa shape index (κ2) is 7.84. The van der Waals surface area contributed by atoms with Gasteiger partial charge in [-0.2, -0.15) is 0 Å². The van der Waals surface area contributed by atoms with Crippen molar-refractivity contribution in [3.63, 3.8) is 0 Å². The molecule has 0 saturated carbocycles. The average molecular weight is 363 g/mol. The van der Waals surface area contributed by atoms with Gasteiger partial charge in [0.1, 0.15) is 5.75 Å². The number of urea groups is 1.